The van der Waals surface area contributed by atoms with E-state index in [-0.39, 0.29) is 35.8 Å². The lowest BCUT2D eigenvalue weighted by Gasteiger charge is -2.26. The number of carbonyl (C=O) groups excluding carboxylic acids is 1. The van der Waals surface area contributed by atoms with E-state index >= 15 is 0 Å². The molecule has 9 heteroatoms. The van der Waals surface area contributed by atoms with Gasteiger partial charge in [0.25, 0.3) is 0 Å². The highest BCUT2D eigenvalue weighted by Gasteiger charge is 2.37. The van der Waals surface area contributed by atoms with Gasteiger partial charge in [-0.25, -0.2) is 13.1 Å². The molecule has 2 aromatic rings. The normalized spacial score (nSPS) is 23.2. The van der Waals surface area contributed by atoms with Gasteiger partial charge >= 0.3 is 0 Å². The van der Waals surface area contributed by atoms with Gasteiger partial charge in [-0.15, -0.1) is 0 Å². The molecule has 150 valence electrons. The molecule has 0 radical (unpaired) electrons. The standard InChI is InChI=1S/C19H23N3O5S/c1-11-18-16(12-6-14(26-2)8-15(7-12)27-3)9-17(23)20-19(18)22(21-11)13-4-5-28(24,25)10-13/h6-8,13,16H,4-5,9-10H2,1-3H3,(H,20,23)/t13-,16-/m1/s1. The first kappa shape index (κ1) is 18.8. The molecular formula is C19H23N3O5S. The maximum Gasteiger partial charge on any atom is 0.226 e. The number of nitrogens with one attached hydrogen (secondary N) is 1. The molecule has 1 N–H and O–H groups in total. The maximum absolute atomic E-state index is 12.5. The van der Waals surface area contributed by atoms with Crippen molar-refractivity contribution in [2.45, 2.75) is 31.7 Å². The number of ether oxygens (including phenoxy) is 2. The van der Waals surface area contributed by atoms with Crippen molar-refractivity contribution in [3.63, 3.8) is 0 Å². The van der Waals surface area contributed by atoms with Crippen molar-refractivity contribution >= 4 is 21.6 Å². The number of anilines is 1. The number of aryl methyl sites for hydroxylation is 1. The molecule has 4 rings (SSSR count). The number of aromatic nitrogens is 2. The minimum atomic E-state index is -3.06. The highest BCUT2D eigenvalue weighted by atomic mass is 32.2. The molecule has 1 aromatic carbocycles. The molecule has 1 aromatic heterocycles. The number of carbonyl (C=O) groups is 1. The van der Waals surface area contributed by atoms with Crippen LogP contribution in [0.5, 0.6) is 11.5 Å². The van der Waals surface area contributed by atoms with Gasteiger partial charge in [-0.05, 0) is 31.0 Å². The van der Waals surface area contributed by atoms with Crippen molar-refractivity contribution in [3.8, 4) is 11.5 Å². The van der Waals surface area contributed by atoms with Gasteiger partial charge in [0, 0.05) is 24.0 Å². The number of amides is 1. The Kier molecular flexibility index (Phi) is 4.57. The van der Waals surface area contributed by atoms with Crippen LogP contribution in [0.25, 0.3) is 0 Å². The van der Waals surface area contributed by atoms with Crippen LogP contribution in [0.4, 0.5) is 5.82 Å². The molecule has 0 bridgehead atoms. The fourth-order valence-electron chi connectivity index (χ4n) is 4.12. The maximum atomic E-state index is 12.5. The van der Waals surface area contributed by atoms with Crippen molar-refractivity contribution in [1.29, 1.82) is 0 Å². The zero-order chi connectivity index (χ0) is 20.1. The number of hydrogen-bond donors (Lipinski definition) is 1. The summed E-state index contributed by atoms with van der Waals surface area (Å²) in [6.45, 7) is 1.89. The number of hydrogen-bond acceptors (Lipinski definition) is 6. The van der Waals surface area contributed by atoms with Crippen molar-refractivity contribution in [3.05, 3.63) is 35.0 Å². The van der Waals surface area contributed by atoms with E-state index < -0.39 is 9.84 Å². The summed E-state index contributed by atoms with van der Waals surface area (Å²) in [6, 6.07) is 5.32. The summed E-state index contributed by atoms with van der Waals surface area (Å²) < 4.78 is 36.3. The number of benzene rings is 1. The SMILES string of the molecule is COc1cc(OC)cc([C@H]2CC(=O)Nc3c2c(C)nn3[C@@H]2CCS(=O)(=O)C2)c1. The summed E-state index contributed by atoms with van der Waals surface area (Å²) in [5, 5.41) is 7.52. The molecule has 2 atom stereocenters. The topological polar surface area (TPSA) is 99.5 Å². The average Bonchev–Trinajstić information content (AvgIpc) is 3.19. The summed E-state index contributed by atoms with van der Waals surface area (Å²) in [6.07, 6.45) is 0.780. The van der Waals surface area contributed by atoms with Crippen LogP contribution in [0.1, 0.15) is 41.6 Å². The summed E-state index contributed by atoms with van der Waals surface area (Å²) in [5.74, 6) is 1.76. The van der Waals surface area contributed by atoms with Crippen LogP contribution in [0.3, 0.4) is 0 Å². The molecule has 28 heavy (non-hydrogen) atoms. The van der Waals surface area contributed by atoms with Crippen LogP contribution < -0.4 is 14.8 Å². The lowest BCUT2D eigenvalue weighted by Crippen LogP contribution is -2.26. The Morgan fingerprint density at radius 3 is 2.43 bits per heavy atom. The van der Waals surface area contributed by atoms with E-state index in [1.165, 1.54) is 0 Å². The molecule has 0 aliphatic carbocycles. The minimum Gasteiger partial charge on any atom is -0.497 e. The van der Waals surface area contributed by atoms with Crippen molar-refractivity contribution < 1.29 is 22.7 Å². The Morgan fingerprint density at radius 1 is 1.18 bits per heavy atom. The van der Waals surface area contributed by atoms with E-state index in [2.05, 4.69) is 10.4 Å². The molecule has 0 unspecified atom stereocenters. The molecule has 8 nitrogen and oxygen atoms in total. The summed E-state index contributed by atoms with van der Waals surface area (Å²) in [4.78, 5) is 12.5. The largest absolute Gasteiger partial charge is 0.497 e. The van der Waals surface area contributed by atoms with E-state index in [4.69, 9.17) is 9.47 Å². The molecular weight excluding hydrogens is 382 g/mol. The molecule has 1 fully saturated rings. The van der Waals surface area contributed by atoms with Crippen LogP contribution in [0, 0.1) is 6.92 Å². The van der Waals surface area contributed by atoms with E-state index in [0.29, 0.717) is 23.7 Å². The molecule has 0 saturated carbocycles. The second kappa shape index (κ2) is 6.80. The van der Waals surface area contributed by atoms with Crippen molar-refractivity contribution in [1.82, 2.24) is 9.78 Å². The first-order chi connectivity index (χ1) is 13.3. The van der Waals surface area contributed by atoms with Gasteiger partial charge in [0.2, 0.25) is 5.91 Å². The van der Waals surface area contributed by atoms with E-state index in [0.717, 1.165) is 16.8 Å². The van der Waals surface area contributed by atoms with Gasteiger partial charge in [0.1, 0.15) is 17.3 Å². The second-order valence-electron chi connectivity index (χ2n) is 7.30. The summed E-state index contributed by atoms with van der Waals surface area (Å²) >= 11 is 0. The number of sulfone groups is 1. The van der Waals surface area contributed by atoms with Crippen LogP contribution in [-0.2, 0) is 14.6 Å². The van der Waals surface area contributed by atoms with Crippen LogP contribution in [0.2, 0.25) is 0 Å². The van der Waals surface area contributed by atoms with E-state index in [1.807, 2.05) is 19.1 Å². The molecule has 2 aliphatic rings. The Bertz CT molecular complexity index is 1020. The quantitative estimate of drug-likeness (QED) is 0.836. The van der Waals surface area contributed by atoms with Crippen LogP contribution in [-0.4, -0.2) is 49.8 Å². The number of fused-ring (bicyclic) bond motifs is 1. The highest BCUT2D eigenvalue weighted by molar-refractivity contribution is 7.91. The molecule has 0 spiro atoms. The van der Waals surface area contributed by atoms with Gasteiger partial charge in [-0.1, -0.05) is 0 Å². The third-order valence-corrected chi connectivity index (χ3v) is 7.21. The van der Waals surface area contributed by atoms with Gasteiger partial charge in [0.05, 0.1) is 37.5 Å². The monoisotopic (exact) mass is 405 g/mol. The Hall–Kier alpha value is -2.55. The average molecular weight is 405 g/mol. The Labute approximate surface area is 163 Å². The summed E-state index contributed by atoms with van der Waals surface area (Å²) in [5.41, 5.74) is 2.60. The third-order valence-electron chi connectivity index (χ3n) is 5.46. The summed E-state index contributed by atoms with van der Waals surface area (Å²) in [7, 11) is 0.105. The molecule has 2 aliphatic heterocycles. The van der Waals surface area contributed by atoms with Crippen LogP contribution >= 0.6 is 0 Å². The van der Waals surface area contributed by atoms with E-state index in [1.54, 1.807) is 25.0 Å². The van der Waals surface area contributed by atoms with Gasteiger partial charge < -0.3 is 14.8 Å². The highest BCUT2D eigenvalue weighted by Crippen LogP contribution is 2.43. The van der Waals surface area contributed by atoms with E-state index in [9.17, 15) is 13.2 Å². The Balaban J connectivity index is 1.81. The molecule has 3 heterocycles. The predicted molar refractivity (Wildman–Crippen MR) is 104 cm³/mol. The van der Waals surface area contributed by atoms with Gasteiger partial charge in [-0.3, -0.25) is 4.79 Å². The third kappa shape index (κ3) is 3.23. The van der Waals surface area contributed by atoms with Crippen molar-refractivity contribution in [2.75, 3.05) is 31.0 Å². The smallest absolute Gasteiger partial charge is 0.226 e. The van der Waals surface area contributed by atoms with Crippen LogP contribution in [0.15, 0.2) is 18.2 Å². The first-order valence-corrected chi connectivity index (χ1v) is 11.0. The zero-order valence-corrected chi connectivity index (χ0v) is 16.9. The Morgan fingerprint density at radius 2 is 1.86 bits per heavy atom. The fourth-order valence-corrected chi connectivity index (χ4v) is 5.81. The second-order valence-corrected chi connectivity index (χ2v) is 9.53. The predicted octanol–water partition coefficient (Wildman–Crippen LogP) is 2.04. The van der Waals surface area contributed by atoms with Crippen molar-refractivity contribution in [2.24, 2.45) is 0 Å². The van der Waals surface area contributed by atoms with Gasteiger partial charge in [0.15, 0.2) is 9.84 Å². The minimum absolute atomic E-state index is 0.0497. The fraction of sp³-hybridized carbons (Fsp3) is 0.474. The first-order valence-electron chi connectivity index (χ1n) is 9.13. The molecule has 1 saturated heterocycles. The lowest BCUT2D eigenvalue weighted by molar-refractivity contribution is -0.116. The number of nitrogens with zero attached hydrogens (tertiary/aromatic N) is 2. The number of methoxy groups -OCH3 is 2. The molecule has 1 amide bonds. The zero-order valence-electron chi connectivity index (χ0n) is 16.1. The number of rotatable bonds is 4. The lowest BCUT2D eigenvalue weighted by atomic mass is 9.85. The van der Waals surface area contributed by atoms with Gasteiger partial charge in [-0.2, -0.15) is 5.10 Å².